The largest absolute Gasteiger partial charge is 0.480 e. The summed E-state index contributed by atoms with van der Waals surface area (Å²) in [6.45, 7) is 6.40. The molecule has 3 amide bonds. The van der Waals surface area contributed by atoms with Crippen molar-refractivity contribution in [1.82, 2.24) is 15.1 Å². The van der Waals surface area contributed by atoms with E-state index in [1.54, 1.807) is 13.0 Å². The number of carbonyl (C=O) groups is 4. The SMILES string of the molecule is CC1(C(=O)O)CCN1C(=O)Oc1ccc(Cl)cc1Cl.Cc1ccc(CNC(=O)C2(C)CCN2C(=O)Oc2ccc(Cl)cc2Cl)cc1. The second-order valence-corrected chi connectivity index (χ2v) is 12.9. The van der Waals surface area contributed by atoms with Gasteiger partial charge in [0.15, 0.2) is 11.5 Å². The normalized spacial score (nSPS) is 19.9. The zero-order chi connectivity index (χ0) is 33.8. The number of ether oxygens (including phenoxy) is 2. The van der Waals surface area contributed by atoms with Gasteiger partial charge >= 0.3 is 18.2 Å². The number of likely N-dealkylation sites (tertiary alicyclic amines) is 2. The van der Waals surface area contributed by atoms with E-state index in [9.17, 15) is 19.2 Å². The van der Waals surface area contributed by atoms with Gasteiger partial charge in [-0.05, 0) is 75.6 Å². The van der Waals surface area contributed by atoms with Gasteiger partial charge in [-0.15, -0.1) is 0 Å². The minimum Gasteiger partial charge on any atom is -0.480 e. The van der Waals surface area contributed by atoms with Crippen LogP contribution in [0.5, 0.6) is 11.5 Å². The molecule has 0 spiro atoms. The number of carboxylic acid groups (broad SMARTS) is 1. The Morgan fingerprint density at radius 2 is 1.22 bits per heavy atom. The van der Waals surface area contributed by atoms with E-state index in [2.05, 4.69) is 5.32 Å². The van der Waals surface area contributed by atoms with Gasteiger partial charge in [0, 0.05) is 29.7 Å². The first-order chi connectivity index (χ1) is 21.6. The lowest BCUT2D eigenvalue weighted by Crippen LogP contribution is -2.67. The minimum atomic E-state index is -1.21. The van der Waals surface area contributed by atoms with Crippen LogP contribution in [0.2, 0.25) is 20.1 Å². The van der Waals surface area contributed by atoms with E-state index >= 15 is 0 Å². The molecule has 46 heavy (non-hydrogen) atoms. The Kier molecular flexibility index (Phi) is 11.0. The maximum Gasteiger partial charge on any atom is 0.416 e. The van der Waals surface area contributed by atoms with Crippen LogP contribution < -0.4 is 14.8 Å². The zero-order valence-corrected chi connectivity index (χ0v) is 28.1. The summed E-state index contributed by atoms with van der Waals surface area (Å²) in [5.41, 5.74) is 0.00110. The highest BCUT2D eigenvalue weighted by Crippen LogP contribution is 2.35. The summed E-state index contributed by atoms with van der Waals surface area (Å²) < 4.78 is 10.4. The van der Waals surface area contributed by atoms with Crippen molar-refractivity contribution >= 4 is 70.5 Å². The number of carboxylic acids is 1. The third-order valence-electron chi connectivity index (χ3n) is 7.98. The smallest absolute Gasteiger partial charge is 0.416 e. The van der Waals surface area contributed by atoms with Crippen molar-refractivity contribution in [3.05, 3.63) is 91.9 Å². The molecule has 2 saturated heterocycles. The molecule has 10 nitrogen and oxygen atoms in total. The average Bonchev–Trinajstić information content (AvgIpc) is 2.97. The molecule has 0 saturated carbocycles. The van der Waals surface area contributed by atoms with Gasteiger partial charge in [-0.1, -0.05) is 76.2 Å². The molecule has 14 heteroatoms. The van der Waals surface area contributed by atoms with Crippen molar-refractivity contribution in [2.75, 3.05) is 13.1 Å². The van der Waals surface area contributed by atoms with Crippen molar-refractivity contribution in [2.24, 2.45) is 0 Å². The Balaban J connectivity index is 0.000000222. The number of rotatable bonds is 6. The number of benzene rings is 3. The van der Waals surface area contributed by atoms with Crippen molar-refractivity contribution in [1.29, 1.82) is 0 Å². The van der Waals surface area contributed by atoms with E-state index < -0.39 is 29.2 Å². The molecule has 0 radical (unpaired) electrons. The second-order valence-electron chi connectivity index (χ2n) is 11.2. The molecule has 0 aliphatic carbocycles. The maximum absolute atomic E-state index is 12.7. The molecule has 2 heterocycles. The van der Waals surface area contributed by atoms with Gasteiger partial charge in [0.05, 0.1) is 10.0 Å². The van der Waals surface area contributed by atoms with Crippen LogP contribution in [0.4, 0.5) is 9.59 Å². The first kappa shape index (κ1) is 35.2. The summed E-state index contributed by atoms with van der Waals surface area (Å²) in [6, 6.07) is 17.0. The Morgan fingerprint density at radius 3 is 1.61 bits per heavy atom. The first-order valence-corrected chi connectivity index (χ1v) is 15.6. The highest BCUT2D eigenvalue weighted by atomic mass is 35.5. The summed E-state index contributed by atoms with van der Waals surface area (Å²) in [4.78, 5) is 50.7. The predicted octanol–water partition coefficient (Wildman–Crippen LogP) is 7.62. The number of aryl methyl sites for hydroxylation is 1. The van der Waals surface area contributed by atoms with Gasteiger partial charge in [0.2, 0.25) is 5.91 Å². The number of nitrogens with zero attached hydrogens (tertiary/aromatic N) is 2. The number of amides is 3. The van der Waals surface area contributed by atoms with Gasteiger partial charge in [0.25, 0.3) is 0 Å². The fourth-order valence-electron chi connectivity index (χ4n) is 4.66. The monoisotopic (exact) mass is 709 g/mol. The fraction of sp³-hybridized carbons (Fsp3) is 0.312. The van der Waals surface area contributed by atoms with E-state index in [1.165, 1.54) is 42.2 Å². The van der Waals surface area contributed by atoms with Crippen LogP contribution in [0.3, 0.4) is 0 Å². The lowest BCUT2D eigenvalue weighted by molar-refractivity contribution is -0.156. The highest BCUT2D eigenvalue weighted by Gasteiger charge is 2.51. The molecular weight excluding hydrogens is 680 g/mol. The Morgan fingerprint density at radius 1 is 0.761 bits per heavy atom. The van der Waals surface area contributed by atoms with Crippen LogP contribution in [0.25, 0.3) is 0 Å². The Hall–Kier alpha value is -3.70. The molecule has 2 unspecified atom stereocenters. The molecule has 0 bridgehead atoms. The first-order valence-electron chi connectivity index (χ1n) is 14.1. The van der Waals surface area contributed by atoms with Crippen LogP contribution in [-0.2, 0) is 16.1 Å². The molecule has 2 aliphatic heterocycles. The van der Waals surface area contributed by atoms with Crippen LogP contribution in [0.1, 0.15) is 37.8 Å². The molecule has 2 aliphatic rings. The highest BCUT2D eigenvalue weighted by molar-refractivity contribution is 6.36. The lowest BCUT2D eigenvalue weighted by Gasteiger charge is -2.47. The fourth-order valence-corrected chi connectivity index (χ4v) is 5.55. The van der Waals surface area contributed by atoms with E-state index in [0.717, 1.165) is 16.0 Å². The van der Waals surface area contributed by atoms with Crippen molar-refractivity contribution in [2.45, 2.75) is 51.2 Å². The Bertz CT molecular complexity index is 1660. The molecule has 2 N–H and O–H groups in total. The van der Waals surface area contributed by atoms with Crippen molar-refractivity contribution in [3.63, 3.8) is 0 Å². The van der Waals surface area contributed by atoms with Gasteiger partial charge in [-0.3, -0.25) is 14.6 Å². The Labute approximate surface area is 286 Å². The second kappa shape index (κ2) is 14.4. The minimum absolute atomic E-state index is 0.149. The van der Waals surface area contributed by atoms with Gasteiger partial charge in [-0.25, -0.2) is 14.4 Å². The molecule has 5 rings (SSSR count). The lowest BCUT2D eigenvalue weighted by atomic mass is 9.86. The third kappa shape index (κ3) is 7.81. The molecule has 0 aromatic heterocycles. The van der Waals surface area contributed by atoms with Gasteiger partial charge < -0.3 is 19.9 Å². The van der Waals surface area contributed by atoms with E-state index in [-0.39, 0.29) is 27.5 Å². The summed E-state index contributed by atoms with van der Waals surface area (Å²) >= 11 is 23.5. The van der Waals surface area contributed by atoms with Gasteiger partial charge in [-0.2, -0.15) is 0 Å². The standard InChI is InChI=1S/C20H20Cl2N2O3.C12H11Cl2NO4/c1-13-3-5-14(6-4-13)12-23-18(25)20(2)9-10-24(20)19(26)27-17-8-7-15(21)11-16(17)22;1-12(10(16)17)4-5-15(12)11(18)19-9-3-2-7(13)6-8(9)14/h3-8,11H,9-10,12H2,1-2H3,(H,23,25);2-3,6H,4-5H2,1H3,(H,16,17). The van der Waals surface area contributed by atoms with Crippen molar-refractivity contribution in [3.8, 4) is 11.5 Å². The number of nitrogens with one attached hydrogen (secondary N) is 1. The predicted molar refractivity (Wildman–Crippen MR) is 175 cm³/mol. The van der Waals surface area contributed by atoms with E-state index in [1.807, 2.05) is 31.2 Å². The number of hydrogen-bond donors (Lipinski definition) is 2. The van der Waals surface area contributed by atoms with Crippen LogP contribution in [0, 0.1) is 6.92 Å². The number of aliphatic carboxylic acids is 1. The molecular formula is C32H31Cl4N3O7. The topological polar surface area (TPSA) is 125 Å². The van der Waals surface area contributed by atoms with Crippen LogP contribution in [-0.4, -0.2) is 63.1 Å². The zero-order valence-electron chi connectivity index (χ0n) is 25.1. The quantitative estimate of drug-likeness (QED) is 0.270. The molecule has 2 fully saturated rings. The number of carbonyl (C=O) groups excluding carboxylic acids is 3. The average molecular weight is 711 g/mol. The summed E-state index contributed by atoms with van der Waals surface area (Å²) in [6.07, 6.45) is -0.388. The van der Waals surface area contributed by atoms with Crippen LogP contribution >= 0.6 is 46.4 Å². The van der Waals surface area contributed by atoms with E-state index in [4.69, 9.17) is 61.0 Å². The molecule has 244 valence electrons. The van der Waals surface area contributed by atoms with Crippen molar-refractivity contribution < 1.29 is 33.8 Å². The molecule has 2 atom stereocenters. The van der Waals surface area contributed by atoms with Crippen LogP contribution in [0.15, 0.2) is 60.7 Å². The number of hydrogen-bond acceptors (Lipinski definition) is 6. The maximum atomic E-state index is 12.7. The number of halogens is 4. The van der Waals surface area contributed by atoms with E-state index in [0.29, 0.717) is 42.5 Å². The van der Waals surface area contributed by atoms with Gasteiger partial charge in [0.1, 0.15) is 11.1 Å². The molecule has 3 aromatic rings. The summed E-state index contributed by atoms with van der Waals surface area (Å²) in [5, 5.41) is 13.3. The summed E-state index contributed by atoms with van der Waals surface area (Å²) in [7, 11) is 0. The summed E-state index contributed by atoms with van der Waals surface area (Å²) in [5.74, 6) is -0.914. The molecule has 3 aromatic carbocycles. The third-order valence-corrected chi connectivity index (χ3v) is 9.04.